The highest BCUT2D eigenvalue weighted by Gasteiger charge is 2.29. The van der Waals surface area contributed by atoms with Gasteiger partial charge in [0.05, 0.1) is 0 Å². The Morgan fingerprint density at radius 2 is 1.70 bits per heavy atom. The molecule has 2 N–H and O–H groups in total. The van der Waals surface area contributed by atoms with Crippen LogP contribution in [-0.4, -0.2) is 26.3 Å². The minimum atomic E-state index is 0.0969. The van der Waals surface area contributed by atoms with E-state index in [2.05, 4.69) is 41.3 Å². The van der Waals surface area contributed by atoms with Crippen LogP contribution < -0.4 is 20.1 Å². The molecule has 0 unspecified atom stereocenters. The maximum Gasteiger partial charge on any atom is 0.163 e. The number of anilines is 1. The molecule has 4 nitrogen and oxygen atoms in total. The van der Waals surface area contributed by atoms with Crippen molar-refractivity contribution in [2.24, 2.45) is 5.73 Å². The Balaban J connectivity index is 1.43. The summed E-state index contributed by atoms with van der Waals surface area (Å²) in [6.07, 6.45) is 0. The van der Waals surface area contributed by atoms with Gasteiger partial charge in [0.15, 0.2) is 11.5 Å². The Kier molecular flexibility index (Phi) is 3.62. The minimum Gasteiger partial charge on any atom is -0.486 e. The third-order valence-electron chi connectivity index (χ3n) is 4.71. The summed E-state index contributed by atoms with van der Waals surface area (Å²) in [5.41, 5.74) is 9.70. The number of nitrogens with two attached hydrogens (primary N) is 1. The maximum atomic E-state index is 5.91. The molecule has 0 bridgehead atoms. The number of rotatable bonds is 3. The van der Waals surface area contributed by atoms with Gasteiger partial charge < -0.3 is 20.1 Å². The maximum absolute atomic E-state index is 5.91. The summed E-state index contributed by atoms with van der Waals surface area (Å²) in [6, 6.07) is 15.0. The first-order valence-corrected chi connectivity index (χ1v) is 8.21. The van der Waals surface area contributed by atoms with Crippen LogP contribution in [0.5, 0.6) is 11.5 Å². The predicted molar refractivity (Wildman–Crippen MR) is 91.4 cm³/mol. The lowest BCUT2D eigenvalue weighted by molar-refractivity contribution is 0.171. The van der Waals surface area contributed by atoms with E-state index < -0.39 is 0 Å². The number of benzene rings is 2. The van der Waals surface area contributed by atoms with E-state index in [-0.39, 0.29) is 6.04 Å². The molecule has 0 radical (unpaired) electrons. The predicted octanol–water partition coefficient (Wildman–Crippen LogP) is 3.08. The Bertz CT molecular complexity index is 691. The van der Waals surface area contributed by atoms with Crippen LogP contribution in [0.3, 0.4) is 0 Å². The SMILES string of the molecule is C[C@H](N)c1ccc(C2CN(c3ccc4c(c3)OCCO4)C2)cc1. The van der Waals surface area contributed by atoms with Crippen molar-refractivity contribution < 1.29 is 9.47 Å². The number of fused-ring (bicyclic) bond motifs is 1. The largest absolute Gasteiger partial charge is 0.486 e. The van der Waals surface area contributed by atoms with E-state index in [9.17, 15) is 0 Å². The normalized spacial score (nSPS) is 18.4. The molecule has 4 heteroatoms. The number of ether oxygens (including phenoxy) is 2. The van der Waals surface area contributed by atoms with Crippen molar-refractivity contribution in [3.8, 4) is 11.5 Å². The van der Waals surface area contributed by atoms with E-state index in [4.69, 9.17) is 15.2 Å². The fourth-order valence-corrected chi connectivity index (χ4v) is 3.20. The number of nitrogens with zero attached hydrogens (tertiary/aromatic N) is 1. The second kappa shape index (κ2) is 5.78. The lowest BCUT2D eigenvalue weighted by Gasteiger charge is -2.41. The third-order valence-corrected chi connectivity index (χ3v) is 4.71. The van der Waals surface area contributed by atoms with Crippen LogP contribution >= 0.6 is 0 Å². The van der Waals surface area contributed by atoms with Crippen LogP contribution in [0.25, 0.3) is 0 Å². The van der Waals surface area contributed by atoms with Crippen LogP contribution in [0.2, 0.25) is 0 Å². The Hall–Kier alpha value is -2.20. The molecule has 0 aromatic heterocycles. The summed E-state index contributed by atoms with van der Waals surface area (Å²) >= 11 is 0. The highest BCUT2D eigenvalue weighted by atomic mass is 16.6. The smallest absolute Gasteiger partial charge is 0.163 e. The second-order valence-electron chi connectivity index (χ2n) is 6.39. The van der Waals surface area contributed by atoms with Crippen LogP contribution in [0.1, 0.15) is 30.0 Å². The highest BCUT2D eigenvalue weighted by molar-refractivity contribution is 5.59. The van der Waals surface area contributed by atoms with E-state index in [1.54, 1.807) is 0 Å². The summed E-state index contributed by atoms with van der Waals surface area (Å²) in [5, 5.41) is 0. The van der Waals surface area contributed by atoms with Gasteiger partial charge in [-0.15, -0.1) is 0 Å². The van der Waals surface area contributed by atoms with Crippen molar-refractivity contribution in [2.45, 2.75) is 18.9 Å². The van der Waals surface area contributed by atoms with Crippen molar-refractivity contribution in [1.29, 1.82) is 0 Å². The Morgan fingerprint density at radius 1 is 1.00 bits per heavy atom. The zero-order valence-corrected chi connectivity index (χ0v) is 13.4. The molecule has 1 saturated heterocycles. The first kappa shape index (κ1) is 14.4. The molecule has 1 atom stereocenters. The molecular formula is C19H22N2O2. The van der Waals surface area contributed by atoms with Gasteiger partial charge in [-0.25, -0.2) is 0 Å². The molecule has 23 heavy (non-hydrogen) atoms. The molecule has 2 aliphatic rings. The number of hydrogen-bond donors (Lipinski definition) is 1. The van der Waals surface area contributed by atoms with Crippen molar-refractivity contribution in [3.63, 3.8) is 0 Å². The van der Waals surface area contributed by atoms with Crippen LogP contribution in [0.15, 0.2) is 42.5 Å². The average molecular weight is 310 g/mol. The van der Waals surface area contributed by atoms with E-state index in [0.29, 0.717) is 19.1 Å². The van der Waals surface area contributed by atoms with Crippen LogP contribution in [0, 0.1) is 0 Å². The van der Waals surface area contributed by atoms with E-state index >= 15 is 0 Å². The van der Waals surface area contributed by atoms with Crippen molar-refractivity contribution >= 4 is 5.69 Å². The van der Waals surface area contributed by atoms with Crippen molar-refractivity contribution in [2.75, 3.05) is 31.2 Å². The summed E-state index contributed by atoms with van der Waals surface area (Å²) in [6.45, 7) is 5.36. The molecule has 2 heterocycles. The van der Waals surface area contributed by atoms with Gasteiger partial charge in [-0.1, -0.05) is 24.3 Å². The van der Waals surface area contributed by atoms with Crippen LogP contribution in [0.4, 0.5) is 5.69 Å². The Morgan fingerprint density at radius 3 is 2.39 bits per heavy atom. The van der Waals surface area contributed by atoms with Crippen LogP contribution in [-0.2, 0) is 0 Å². The third kappa shape index (κ3) is 2.75. The summed E-state index contributed by atoms with van der Waals surface area (Å²) in [5.74, 6) is 2.30. The van der Waals surface area contributed by atoms with Gasteiger partial charge in [0.25, 0.3) is 0 Å². The molecule has 120 valence electrons. The lowest BCUT2D eigenvalue weighted by atomic mass is 9.90. The lowest BCUT2D eigenvalue weighted by Crippen LogP contribution is -2.45. The molecule has 4 rings (SSSR count). The average Bonchev–Trinajstić information content (AvgIpc) is 2.54. The zero-order chi connectivity index (χ0) is 15.8. The molecule has 0 spiro atoms. The summed E-state index contributed by atoms with van der Waals surface area (Å²) in [7, 11) is 0. The molecule has 0 aliphatic carbocycles. The summed E-state index contributed by atoms with van der Waals surface area (Å²) in [4.78, 5) is 2.38. The first-order valence-electron chi connectivity index (χ1n) is 8.21. The molecule has 0 saturated carbocycles. The van der Waals surface area contributed by atoms with Gasteiger partial charge in [-0.2, -0.15) is 0 Å². The van der Waals surface area contributed by atoms with Gasteiger partial charge >= 0.3 is 0 Å². The highest BCUT2D eigenvalue weighted by Crippen LogP contribution is 2.38. The second-order valence-corrected chi connectivity index (χ2v) is 6.39. The van der Waals surface area contributed by atoms with Gasteiger partial charge in [-0.3, -0.25) is 0 Å². The van der Waals surface area contributed by atoms with E-state index in [0.717, 1.165) is 24.6 Å². The molecule has 0 amide bonds. The van der Waals surface area contributed by atoms with Crippen molar-refractivity contribution in [3.05, 3.63) is 53.6 Å². The standard InChI is InChI=1S/C19H22N2O2/c1-13(20)14-2-4-15(5-3-14)16-11-21(12-16)17-6-7-18-19(10-17)23-9-8-22-18/h2-7,10,13,16H,8-9,11-12,20H2,1H3/t13-/m0/s1. The molecule has 2 aliphatic heterocycles. The van der Waals surface area contributed by atoms with Gasteiger partial charge in [-0.05, 0) is 30.2 Å². The zero-order valence-electron chi connectivity index (χ0n) is 13.4. The molecule has 2 aromatic carbocycles. The fourth-order valence-electron chi connectivity index (χ4n) is 3.20. The van der Waals surface area contributed by atoms with Gasteiger partial charge in [0.1, 0.15) is 13.2 Å². The van der Waals surface area contributed by atoms with E-state index in [1.807, 2.05) is 13.0 Å². The fraction of sp³-hybridized carbons (Fsp3) is 0.368. The van der Waals surface area contributed by atoms with E-state index in [1.165, 1.54) is 16.8 Å². The molecular weight excluding hydrogens is 288 g/mol. The van der Waals surface area contributed by atoms with Gasteiger partial charge in [0.2, 0.25) is 0 Å². The first-order chi connectivity index (χ1) is 11.2. The quantitative estimate of drug-likeness (QED) is 0.946. The number of hydrogen-bond acceptors (Lipinski definition) is 4. The molecule has 1 fully saturated rings. The van der Waals surface area contributed by atoms with Gasteiger partial charge in [0, 0.05) is 36.8 Å². The molecule has 2 aromatic rings. The summed E-state index contributed by atoms with van der Waals surface area (Å²) < 4.78 is 11.2. The Labute approximate surface area is 136 Å². The minimum absolute atomic E-state index is 0.0969. The topological polar surface area (TPSA) is 47.7 Å². The van der Waals surface area contributed by atoms with Crippen molar-refractivity contribution in [1.82, 2.24) is 0 Å². The monoisotopic (exact) mass is 310 g/mol.